The Bertz CT molecular complexity index is 248. The van der Waals surface area contributed by atoms with E-state index in [1.54, 1.807) is 0 Å². The average Bonchev–Trinajstić information content (AvgIpc) is 2.09. The van der Waals surface area contributed by atoms with E-state index < -0.39 is 0 Å². The van der Waals surface area contributed by atoms with Gasteiger partial charge in [-0.1, -0.05) is 0 Å². The Balaban J connectivity index is 3.20. The molecule has 0 saturated heterocycles. The summed E-state index contributed by atoms with van der Waals surface area (Å²) >= 11 is 8.80. The molecule has 0 atom stereocenters. The highest BCUT2D eigenvalue weighted by atomic mass is 79.9. The van der Waals surface area contributed by atoms with Crippen molar-refractivity contribution in [1.29, 1.82) is 0 Å². The van der Waals surface area contributed by atoms with Gasteiger partial charge in [0.05, 0.1) is 22.5 Å². The van der Waals surface area contributed by atoms with Crippen molar-refractivity contribution < 1.29 is 5.11 Å². The Labute approximate surface area is 71.8 Å². The summed E-state index contributed by atoms with van der Waals surface area (Å²) in [6, 6.07) is 0. The average molecular weight is 225 g/mol. The zero-order valence-corrected chi connectivity index (χ0v) is 7.65. The number of aliphatic hydroxyl groups excluding tert-OH is 1. The molecule has 10 heavy (non-hydrogen) atoms. The van der Waals surface area contributed by atoms with E-state index in [0.29, 0.717) is 5.69 Å². The van der Waals surface area contributed by atoms with Gasteiger partial charge in [0.2, 0.25) is 0 Å². The summed E-state index contributed by atoms with van der Waals surface area (Å²) in [6.45, 7) is 1.70. The van der Waals surface area contributed by atoms with Gasteiger partial charge in [-0.2, -0.15) is 9.30 Å². The molecule has 0 aliphatic heterocycles. The maximum atomic E-state index is 8.74. The molecule has 0 radical (unpaired) electrons. The molecule has 0 aliphatic rings. The lowest BCUT2D eigenvalue weighted by Gasteiger charge is -1.91. The standard InChI is InChI=1S/C5H6BrClN2O/c1-3-5(6)4(2-10)9(7)8-3/h10H,2H2,1H3. The van der Waals surface area contributed by atoms with E-state index in [0.717, 1.165) is 14.4 Å². The van der Waals surface area contributed by atoms with Crippen LogP contribution in [0, 0.1) is 6.92 Å². The third-order valence-electron chi connectivity index (χ3n) is 1.18. The first kappa shape index (κ1) is 8.04. The van der Waals surface area contributed by atoms with E-state index in [1.807, 2.05) is 6.92 Å². The van der Waals surface area contributed by atoms with Crippen LogP contribution in [0.4, 0.5) is 0 Å². The van der Waals surface area contributed by atoms with Crippen LogP contribution in [0.3, 0.4) is 0 Å². The zero-order valence-electron chi connectivity index (χ0n) is 5.30. The molecule has 1 aromatic heterocycles. The van der Waals surface area contributed by atoms with Crippen LogP contribution in [0.25, 0.3) is 0 Å². The molecule has 1 rings (SSSR count). The topological polar surface area (TPSA) is 38.0 Å². The van der Waals surface area contributed by atoms with Gasteiger partial charge in [0.1, 0.15) is 0 Å². The van der Waals surface area contributed by atoms with Gasteiger partial charge in [0, 0.05) is 11.8 Å². The highest BCUT2D eigenvalue weighted by Crippen LogP contribution is 2.21. The number of hydrogen-bond donors (Lipinski definition) is 1. The zero-order chi connectivity index (χ0) is 7.72. The van der Waals surface area contributed by atoms with E-state index in [1.165, 1.54) is 0 Å². The lowest BCUT2D eigenvalue weighted by atomic mass is 10.4. The Morgan fingerprint density at radius 3 is 2.60 bits per heavy atom. The summed E-state index contributed by atoms with van der Waals surface area (Å²) < 4.78 is 1.91. The molecule has 1 N–H and O–H groups in total. The fraction of sp³-hybridized carbons (Fsp3) is 0.400. The van der Waals surface area contributed by atoms with Gasteiger partial charge in [-0.15, -0.1) is 0 Å². The molecular weight excluding hydrogens is 219 g/mol. The molecule has 0 saturated carbocycles. The van der Waals surface area contributed by atoms with Gasteiger partial charge in [0.15, 0.2) is 0 Å². The third-order valence-corrected chi connectivity index (χ3v) is 2.49. The lowest BCUT2D eigenvalue weighted by Crippen LogP contribution is -1.91. The maximum absolute atomic E-state index is 8.74. The molecule has 0 amide bonds. The minimum atomic E-state index is -0.106. The highest BCUT2D eigenvalue weighted by molar-refractivity contribution is 9.10. The van der Waals surface area contributed by atoms with Gasteiger partial charge in [-0.3, -0.25) is 0 Å². The van der Waals surface area contributed by atoms with Crippen LogP contribution in [-0.2, 0) is 6.61 Å². The fourth-order valence-electron chi connectivity index (χ4n) is 0.654. The summed E-state index contributed by atoms with van der Waals surface area (Å²) in [4.78, 5) is 0. The van der Waals surface area contributed by atoms with Gasteiger partial charge in [-0.25, -0.2) is 0 Å². The van der Waals surface area contributed by atoms with E-state index in [-0.39, 0.29) is 6.61 Å². The molecule has 0 fully saturated rings. The number of halogens is 2. The van der Waals surface area contributed by atoms with Crippen molar-refractivity contribution >= 4 is 27.7 Å². The second kappa shape index (κ2) is 2.90. The van der Waals surface area contributed by atoms with Crippen LogP contribution in [0.5, 0.6) is 0 Å². The first-order chi connectivity index (χ1) is 4.66. The summed E-state index contributed by atoms with van der Waals surface area (Å²) in [6.07, 6.45) is 0. The Kier molecular flexibility index (Phi) is 2.33. The van der Waals surface area contributed by atoms with Crippen LogP contribution in [0.15, 0.2) is 4.47 Å². The van der Waals surface area contributed by atoms with E-state index in [9.17, 15) is 0 Å². The van der Waals surface area contributed by atoms with Crippen LogP contribution >= 0.6 is 27.7 Å². The Hall–Kier alpha value is -0.0600. The molecule has 0 aromatic carbocycles. The molecule has 0 bridgehead atoms. The Morgan fingerprint density at radius 2 is 2.40 bits per heavy atom. The van der Waals surface area contributed by atoms with Crippen molar-refractivity contribution in [2.75, 3.05) is 0 Å². The van der Waals surface area contributed by atoms with Crippen LogP contribution < -0.4 is 0 Å². The first-order valence-corrected chi connectivity index (χ1v) is 3.81. The largest absolute Gasteiger partial charge is 0.390 e. The molecule has 0 spiro atoms. The molecule has 0 unspecified atom stereocenters. The molecule has 1 heterocycles. The summed E-state index contributed by atoms with van der Waals surface area (Å²) in [5.41, 5.74) is 1.36. The van der Waals surface area contributed by atoms with E-state index >= 15 is 0 Å². The van der Waals surface area contributed by atoms with Gasteiger partial charge >= 0.3 is 0 Å². The normalized spacial score (nSPS) is 10.4. The minimum absolute atomic E-state index is 0.106. The van der Waals surface area contributed by atoms with Crippen molar-refractivity contribution in [3.8, 4) is 0 Å². The second-order valence-electron chi connectivity index (χ2n) is 1.86. The summed E-state index contributed by atoms with van der Waals surface area (Å²) in [5.74, 6) is 0. The number of nitrogens with zero attached hydrogens (tertiary/aromatic N) is 2. The summed E-state index contributed by atoms with van der Waals surface area (Å²) in [5, 5.41) is 12.6. The predicted molar refractivity (Wildman–Crippen MR) is 41.8 cm³/mol. The maximum Gasteiger partial charge on any atom is 0.0972 e. The molecule has 1 aromatic rings. The van der Waals surface area contributed by atoms with E-state index in [2.05, 4.69) is 21.0 Å². The lowest BCUT2D eigenvalue weighted by molar-refractivity contribution is 0.274. The molecule has 0 aliphatic carbocycles. The van der Waals surface area contributed by atoms with Crippen molar-refractivity contribution in [3.05, 3.63) is 15.9 Å². The van der Waals surface area contributed by atoms with Gasteiger partial charge in [-0.05, 0) is 22.9 Å². The first-order valence-electron chi connectivity index (χ1n) is 2.68. The van der Waals surface area contributed by atoms with E-state index in [4.69, 9.17) is 16.9 Å². The van der Waals surface area contributed by atoms with Crippen molar-refractivity contribution in [2.24, 2.45) is 0 Å². The predicted octanol–water partition coefficient (Wildman–Crippen LogP) is 1.45. The third kappa shape index (κ3) is 1.19. The van der Waals surface area contributed by atoms with Crippen molar-refractivity contribution in [1.82, 2.24) is 9.30 Å². The number of aromatic nitrogens is 2. The molecule has 5 heteroatoms. The molecule has 56 valence electrons. The fourth-order valence-corrected chi connectivity index (χ4v) is 1.38. The van der Waals surface area contributed by atoms with Crippen LogP contribution in [0.1, 0.15) is 11.4 Å². The summed E-state index contributed by atoms with van der Waals surface area (Å²) in [7, 11) is 0. The number of hydrogen-bond acceptors (Lipinski definition) is 2. The van der Waals surface area contributed by atoms with Crippen molar-refractivity contribution in [3.63, 3.8) is 0 Å². The SMILES string of the molecule is Cc1nn(Cl)c(CO)c1Br. The van der Waals surface area contributed by atoms with Crippen LogP contribution in [-0.4, -0.2) is 14.4 Å². The quantitative estimate of drug-likeness (QED) is 0.785. The van der Waals surface area contributed by atoms with Crippen molar-refractivity contribution in [2.45, 2.75) is 13.5 Å². The van der Waals surface area contributed by atoms with Gasteiger partial charge in [0.25, 0.3) is 0 Å². The number of rotatable bonds is 1. The highest BCUT2D eigenvalue weighted by Gasteiger charge is 2.09. The monoisotopic (exact) mass is 224 g/mol. The van der Waals surface area contributed by atoms with Gasteiger partial charge < -0.3 is 5.11 Å². The number of aliphatic hydroxyl groups is 1. The minimum Gasteiger partial charge on any atom is -0.390 e. The smallest absolute Gasteiger partial charge is 0.0972 e. The second-order valence-corrected chi connectivity index (χ2v) is 2.98. The van der Waals surface area contributed by atoms with Crippen LogP contribution in [0.2, 0.25) is 0 Å². The molecular formula is C5H6BrClN2O. The Morgan fingerprint density at radius 1 is 1.80 bits per heavy atom. The number of aryl methyl sites for hydroxylation is 1. The molecule has 3 nitrogen and oxygen atoms in total.